The summed E-state index contributed by atoms with van der Waals surface area (Å²) in [5.41, 5.74) is 0.115. The van der Waals surface area contributed by atoms with E-state index in [0.29, 0.717) is 11.5 Å². The van der Waals surface area contributed by atoms with Gasteiger partial charge in [-0.05, 0) is 31.2 Å². The fourth-order valence-corrected chi connectivity index (χ4v) is 2.49. The number of benzene rings is 1. The molecule has 7 heteroatoms. The Labute approximate surface area is 119 Å². The van der Waals surface area contributed by atoms with Crippen molar-refractivity contribution in [2.24, 2.45) is 0 Å². The number of carbonyl (C=O) groups excluding carboxylic acids is 1. The second kappa shape index (κ2) is 7.76. The minimum Gasteiger partial charge on any atom is -0.478 e. The first-order chi connectivity index (χ1) is 9.43. The fraction of sp³-hybridized carbons (Fsp3) is 0.385. The highest BCUT2D eigenvalue weighted by atomic mass is 32.2. The van der Waals surface area contributed by atoms with E-state index in [1.165, 1.54) is 31.4 Å². The van der Waals surface area contributed by atoms with Crippen molar-refractivity contribution < 1.29 is 23.6 Å². The molecule has 20 heavy (non-hydrogen) atoms. The predicted molar refractivity (Wildman–Crippen MR) is 74.2 cm³/mol. The van der Waals surface area contributed by atoms with E-state index in [1.54, 1.807) is 6.92 Å². The molecular weight excluding hydrogens is 282 g/mol. The normalized spacial score (nSPS) is 13.5. The number of nitrogens with one attached hydrogen (secondary N) is 1. The predicted octanol–water partition coefficient (Wildman–Crippen LogP) is 0.643. The number of amides is 1. The van der Waals surface area contributed by atoms with Crippen LogP contribution in [0.1, 0.15) is 17.3 Å². The van der Waals surface area contributed by atoms with E-state index < -0.39 is 16.8 Å². The zero-order valence-corrected chi connectivity index (χ0v) is 12.1. The Morgan fingerprint density at radius 3 is 2.45 bits per heavy atom. The van der Waals surface area contributed by atoms with E-state index in [-0.39, 0.29) is 23.3 Å². The second-order valence-electron chi connectivity index (χ2n) is 4.24. The van der Waals surface area contributed by atoms with Gasteiger partial charge in [-0.25, -0.2) is 4.79 Å². The van der Waals surface area contributed by atoms with Crippen molar-refractivity contribution in [1.29, 1.82) is 0 Å². The maximum atomic E-state index is 11.9. The van der Waals surface area contributed by atoms with Gasteiger partial charge in [0.05, 0.1) is 23.0 Å². The van der Waals surface area contributed by atoms with Gasteiger partial charge in [-0.3, -0.25) is 9.00 Å². The van der Waals surface area contributed by atoms with Crippen molar-refractivity contribution >= 4 is 22.7 Å². The van der Waals surface area contributed by atoms with Crippen molar-refractivity contribution in [3.05, 3.63) is 29.8 Å². The summed E-state index contributed by atoms with van der Waals surface area (Å²) in [6.07, 6.45) is 0. The highest BCUT2D eigenvalue weighted by Crippen LogP contribution is 2.09. The fourth-order valence-electron chi connectivity index (χ4n) is 1.56. The van der Waals surface area contributed by atoms with Crippen molar-refractivity contribution in [1.82, 2.24) is 5.32 Å². The van der Waals surface area contributed by atoms with Crippen LogP contribution in [-0.4, -0.2) is 46.7 Å². The molecule has 2 N–H and O–H groups in total. The van der Waals surface area contributed by atoms with Crippen LogP contribution < -0.4 is 5.32 Å². The number of carboxylic acids is 1. The first-order valence-electron chi connectivity index (χ1n) is 5.94. The van der Waals surface area contributed by atoms with Gasteiger partial charge >= 0.3 is 5.97 Å². The van der Waals surface area contributed by atoms with Gasteiger partial charge in [0.15, 0.2) is 0 Å². The first-order valence-corrected chi connectivity index (χ1v) is 7.26. The molecule has 0 saturated heterocycles. The molecule has 6 nitrogen and oxygen atoms in total. The molecule has 0 aliphatic rings. The highest BCUT2D eigenvalue weighted by Gasteiger charge is 2.13. The topological polar surface area (TPSA) is 92.7 Å². The van der Waals surface area contributed by atoms with Crippen molar-refractivity contribution in [3.63, 3.8) is 0 Å². The highest BCUT2D eigenvalue weighted by molar-refractivity contribution is 7.85. The second-order valence-corrected chi connectivity index (χ2v) is 5.69. The summed E-state index contributed by atoms with van der Waals surface area (Å²) in [6.45, 7) is 2.16. The van der Waals surface area contributed by atoms with Gasteiger partial charge < -0.3 is 15.2 Å². The van der Waals surface area contributed by atoms with Gasteiger partial charge in [0, 0.05) is 18.0 Å². The lowest BCUT2D eigenvalue weighted by molar-refractivity contribution is -0.119. The standard InChI is InChI=1S/C13H17NO5S/c1-9(7-19-2)14-12(15)8-20(18)11-5-3-10(4-6-11)13(16)17/h3-6,9H,7-8H2,1-2H3,(H,14,15)(H,16,17). The quantitative estimate of drug-likeness (QED) is 0.771. The lowest BCUT2D eigenvalue weighted by Gasteiger charge is -2.12. The molecule has 110 valence electrons. The summed E-state index contributed by atoms with van der Waals surface area (Å²) in [7, 11) is 0.0314. The number of carbonyl (C=O) groups is 2. The Morgan fingerprint density at radius 1 is 1.35 bits per heavy atom. The number of methoxy groups -OCH3 is 1. The molecule has 1 rings (SSSR count). The van der Waals surface area contributed by atoms with Crippen LogP contribution in [0.5, 0.6) is 0 Å². The Bertz CT molecular complexity index is 500. The zero-order chi connectivity index (χ0) is 15.1. The van der Waals surface area contributed by atoms with E-state index in [2.05, 4.69) is 5.32 Å². The van der Waals surface area contributed by atoms with E-state index in [0.717, 1.165) is 0 Å². The van der Waals surface area contributed by atoms with Crippen LogP contribution >= 0.6 is 0 Å². The summed E-state index contributed by atoms with van der Waals surface area (Å²) >= 11 is 0. The summed E-state index contributed by atoms with van der Waals surface area (Å²) in [5.74, 6) is -1.55. The van der Waals surface area contributed by atoms with Crippen molar-refractivity contribution in [3.8, 4) is 0 Å². The smallest absolute Gasteiger partial charge is 0.335 e. The first kappa shape index (κ1) is 16.3. The molecule has 0 radical (unpaired) electrons. The largest absolute Gasteiger partial charge is 0.478 e. The van der Waals surface area contributed by atoms with Gasteiger partial charge in [0.2, 0.25) is 5.91 Å². The summed E-state index contributed by atoms with van der Waals surface area (Å²) in [6, 6.07) is 5.47. The van der Waals surface area contributed by atoms with Crippen LogP contribution in [0.2, 0.25) is 0 Å². The number of ether oxygens (including phenoxy) is 1. The summed E-state index contributed by atoms with van der Waals surface area (Å²) < 4.78 is 16.8. The SMILES string of the molecule is COCC(C)NC(=O)CS(=O)c1ccc(C(=O)O)cc1. The minimum atomic E-state index is -1.50. The van der Waals surface area contributed by atoms with Crippen molar-refractivity contribution in [2.45, 2.75) is 17.9 Å². The Balaban J connectivity index is 2.58. The van der Waals surface area contributed by atoms with E-state index >= 15 is 0 Å². The molecule has 0 fully saturated rings. The van der Waals surface area contributed by atoms with E-state index in [9.17, 15) is 13.8 Å². The molecule has 2 atom stereocenters. The molecule has 0 bridgehead atoms. The molecule has 0 aromatic heterocycles. The molecule has 0 spiro atoms. The maximum absolute atomic E-state index is 11.9. The van der Waals surface area contributed by atoms with Crippen LogP contribution in [0.25, 0.3) is 0 Å². The Hall–Kier alpha value is -1.73. The van der Waals surface area contributed by atoms with E-state index in [4.69, 9.17) is 9.84 Å². The molecule has 0 aliphatic heterocycles. The maximum Gasteiger partial charge on any atom is 0.335 e. The van der Waals surface area contributed by atoms with Gasteiger partial charge in [-0.15, -0.1) is 0 Å². The van der Waals surface area contributed by atoms with Crippen molar-refractivity contribution in [2.75, 3.05) is 19.5 Å². The lowest BCUT2D eigenvalue weighted by atomic mass is 10.2. The molecule has 2 unspecified atom stereocenters. The number of hydrogen-bond donors (Lipinski definition) is 2. The third-order valence-corrected chi connectivity index (χ3v) is 3.77. The number of carboxylic acid groups (broad SMARTS) is 1. The Morgan fingerprint density at radius 2 is 1.95 bits per heavy atom. The number of rotatable bonds is 7. The van der Waals surface area contributed by atoms with Crippen LogP contribution in [0, 0.1) is 0 Å². The summed E-state index contributed by atoms with van der Waals surface area (Å²) in [4.78, 5) is 22.7. The van der Waals surface area contributed by atoms with Gasteiger partial charge in [0.1, 0.15) is 5.75 Å². The minimum absolute atomic E-state index is 0.115. The molecule has 0 aliphatic carbocycles. The van der Waals surface area contributed by atoms with Crippen LogP contribution in [0.4, 0.5) is 0 Å². The zero-order valence-electron chi connectivity index (χ0n) is 11.3. The lowest BCUT2D eigenvalue weighted by Crippen LogP contribution is -2.38. The molecule has 0 saturated carbocycles. The molecule has 1 amide bonds. The average Bonchev–Trinajstić information content (AvgIpc) is 2.38. The average molecular weight is 299 g/mol. The molecule has 1 aromatic carbocycles. The molecule has 0 heterocycles. The Kier molecular flexibility index (Phi) is 6.33. The van der Waals surface area contributed by atoms with Gasteiger partial charge in [-0.1, -0.05) is 0 Å². The van der Waals surface area contributed by atoms with Crippen LogP contribution in [0.15, 0.2) is 29.2 Å². The monoisotopic (exact) mass is 299 g/mol. The third-order valence-electron chi connectivity index (χ3n) is 2.45. The van der Waals surface area contributed by atoms with E-state index in [1.807, 2.05) is 0 Å². The summed E-state index contributed by atoms with van der Waals surface area (Å²) in [5, 5.41) is 11.4. The van der Waals surface area contributed by atoms with Gasteiger partial charge in [-0.2, -0.15) is 0 Å². The molecule has 1 aromatic rings. The van der Waals surface area contributed by atoms with Crippen LogP contribution in [-0.2, 0) is 20.3 Å². The van der Waals surface area contributed by atoms with Crippen LogP contribution in [0.3, 0.4) is 0 Å². The third kappa shape index (κ3) is 5.10. The number of hydrogen-bond acceptors (Lipinski definition) is 4. The molecular formula is C13H17NO5S. The number of aromatic carboxylic acids is 1. The van der Waals surface area contributed by atoms with Gasteiger partial charge in [0.25, 0.3) is 0 Å².